The van der Waals surface area contributed by atoms with Crippen LogP contribution in [-0.4, -0.2) is 35.8 Å². The molecule has 1 aromatic rings. The van der Waals surface area contributed by atoms with E-state index < -0.39 is 17.5 Å². The van der Waals surface area contributed by atoms with E-state index in [4.69, 9.17) is 0 Å². The number of hydrogen-bond acceptors (Lipinski definition) is 2. The molecule has 1 aromatic carbocycles. The zero-order chi connectivity index (χ0) is 19.8. The molecule has 0 unspecified atom stereocenters. The van der Waals surface area contributed by atoms with Crippen LogP contribution in [0.25, 0.3) is 0 Å². The number of benzene rings is 1. The maximum Gasteiger partial charge on any atom is 0.256 e. The topological polar surface area (TPSA) is 49.4 Å². The van der Waals surface area contributed by atoms with E-state index in [1.54, 1.807) is 4.90 Å². The SMILES string of the molecule is C[C@H](NC(=O)C1CCN(C(=O)c2ccc(F)cc2F)CC1)[C@H]1C[C@H]2CC[C@H]1C2. The molecule has 1 aliphatic heterocycles. The average Bonchev–Trinajstić information content (AvgIpc) is 3.31. The smallest absolute Gasteiger partial charge is 0.256 e. The van der Waals surface area contributed by atoms with Crippen molar-refractivity contribution < 1.29 is 18.4 Å². The van der Waals surface area contributed by atoms with E-state index in [1.807, 2.05) is 0 Å². The quantitative estimate of drug-likeness (QED) is 0.851. The van der Waals surface area contributed by atoms with Crippen molar-refractivity contribution in [3.63, 3.8) is 0 Å². The van der Waals surface area contributed by atoms with Crippen molar-refractivity contribution in [3.8, 4) is 0 Å². The molecule has 1 heterocycles. The van der Waals surface area contributed by atoms with Crippen LogP contribution in [0.4, 0.5) is 8.78 Å². The summed E-state index contributed by atoms with van der Waals surface area (Å²) in [7, 11) is 0. The number of amides is 2. The first-order valence-corrected chi connectivity index (χ1v) is 10.5. The van der Waals surface area contributed by atoms with Crippen LogP contribution in [0.5, 0.6) is 0 Å². The van der Waals surface area contributed by atoms with Crippen LogP contribution in [0.3, 0.4) is 0 Å². The molecule has 0 aromatic heterocycles. The molecule has 2 amide bonds. The Labute approximate surface area is 164 Å². The molecule has 1 N–H and O–H groups in total. The van der Waals surface area contributed by atoms with E-state index in [2.05, 4.69) is 12.2 Å². The van der Waals surface area contributed by atoms with Crippen LogP contribution in [0.2, 0.25) is 0 Å². The third kappa shape index (κ3) is 3.78. The van der Waals surface area contributed by atoms with Crippen molar-refractivity contribution in [2.75, 3.05) is 13.1 Å². The lowest BCUT2D eigenvalue weighted by atomic mass is 9.83. The molecule has 152 valence electrons. The molecule has 3 aliphatic rings. The summed E-state index contributed by atoms with van der Waals surface area (Å²) in [6, 6.07) is 3.21. The first-order valence-electron chi connectivity index (χ1n) is 10.5. The summed E-state index contributed by atoms with van der Waals surface area (Å²) in [5.74, 6) is 0.218. The highest BCUT2D eigenvalue weighted by atomic mass is 19.1. The molecule has 0 spiro atoms. The van der Waals surface area contributed by atoms with Gasteiger partial charge in [0.05, 0.1) is 5.56 Å². The van der Waals surface area contributed by atoms with E-state index in [0.717, 1.165) is 24.0 Å². The number of hydrogen-bond donors (Lipinski definition) is 1. The van der Waals surface area contributed by atoms with Gasteiger partial charge in [-0.15, -0.1) is 0 Å². The number of likely N-dealkylation sites (tertiary alicyclic amines) is 1. The maximum absolute atomic E-state index is 13.9. The third-order valence-electron chi connectivity index (χ3n) is 7.12. The minimum Gasteiger partial charge on any atom is -0.353 e. The Morgan fingerprint density at radius 2 is 1.86 bits per heavy atom. The number of rotatable bonds is 4. The van der Waals surface area contributed by atoms with Crippen molar-refractivity contribution in [2.24, 2.45) is 23.7 Å². The van der Waals surface area contributed by atoms with E-state index >= 15 is 0 Å². The molecule has 28 heavy (non-hydrogen) atoms. The molecule has 4 atom stereocenters. The Morgan fingerprint density at radius 1 is 1.11 bits per heavy atom. The normalized spacial score (nSPS) is 28.4. The molecule has 3 fully saturated rings. The Balaban J connectivity index is 1.28. The van der Waals surface area contributed by atoms with Crippen LogP contribution in [0.1, 0.15) is 55.8 Å². The van der Waals surface area contributed by atoms with Crippen molar-refractivity contribution in [3.05, 3.63) is 35.4 Å². The molecule has 2 bridgehead atoms. The lowest BCUT2D eigenvalue weighted by molar-refractivity contribution is -0.127. The molecular weight excluding hydrogens is 362 g/mol. The fourth-order valence-corrected chi connectivity index (χ4v) is 5.53. The number of carbonyl (C=O) groups excluding carboxylic acids is 2. The van der Waals surface area contributed by atoms with E-state index in [-0.39, 0.29) is 23.4 Å². The number of carbonyl (C=O) groups is 2. The maximum atomic E-state index is 13.9. The molecular formula is C22H28F2N2O2. The number of halogens is 2. The van der Waals surface area contributed by atoms with Gasteiger partial charge in [-0.3, -0.25) is 9.59 Å². The number of fused-ring (bicyclic) bond motifs is 2. The molecule has 4 rings (SSSR count). The third-order valence-corrected chi connectivity index (χ3v) is 7.12. The second-order valence-electron chi connectivity index (χ2n) is 8.83. The summed E-state index contributed by atoms with van der Waals surface area (Å²) >= 11 is 0. The van der Waals surface area contributed by atoms with Crippen molar-refractivity contribution >= 4 is 11.8 Å². The lowest BCUT2D eigenvalue weighted by Gasteiger charge is -2.34. The number of nitrogens with one attached hydrogen (secondary N) is 1. The Morgan fingerprint density at radius 3 is 2.46 bits per heavy atom. The van der Waals surface area contributed by atoms with Gasteiger partial charge in [0.1, 0.15) is 11.6 Å². The van der Waals surface area contributed by atoms with Gasteiger partial charge in [0.25, 0.3) is 5.91 Å². The molecule has 6 heteroatoms. The van der Waals surface area contributed by atoms with Crippen LogP contribution >= 0.6 is 0 Å². The van der Waals surface area contributed by atoms with Crippen molar-refractivity contribution in [2.45, 2.75) is 51.5 Å². The zero-order valence-corrected chi connectivity index (χ0v) is 16.3. The predicted octanol–water partition coefficient (Wildman–Crippen LogP) is 3.76. The highest BCUT2D eigenvalue weighted by Gasteiger charge is 2.42. The summed E-state index contributed by atoms with van der Waals surface area (Å²) in [5.41, 5.74) is -0.116. The van der Waals surface area contributed by atoms with E-state index in [0.29, 0.717) is 31.8 Å². The number of piperidine rings is 1. The van der Waals surface area contributed by atoms with Crippen molar-refractivity contribution in [1.82, 2.24) is 10.2 Å². The van der Waals surface area contributed by atoms with Gasteiger partial charge in [0.15, 0.2) is 0 Å². The van der Waals surface area contributed by atoms with Crippen LogP contribution in [-0.2, 0) is 4.79 Å². The molecule has 4 nitrogen and oxygen atoms in total. The summed E-state index contributed by atoms with van der Waals surface area (Å²) in [4.78, 5) is 26.7. The summed E-state index contributed by atoms with van der Waals surface area (Å²) in [5, 5.41) is 3.22. The molecule has 2 saturated carbocycles. The molecule has 0 radical (unpaired) electrons. The van der Waals surface area contributed by atoms with E-state index in [1.165, 1.54) is 31.7 Å². The largest absolute Gasteiger partial charge is 0.353 e. The van der Waals surface area contributed by atoms with Crippen LogP contribution in [0.15, 0.2) is 18.2 Å². The zero-order valence-electron chi connectivity index (χ0n) is 16.3. The summed E-state index contributed by atoms with van der Waals surface area (Å²) in [6.45, 7) is 2.95. The van der Waals surface area contributed by atoms with Gasteiger partial charge in [-0.05, 0) is 68.9 Å². The predicted molar refractivity (Wildman–Crippen MR) is 102 cm³/mol. The highest BCUT2D eigenvalue weighted by Crippen LogP contribution is 2.49. The lowest BCUT2D eigenvalue weighted by Crippen LogP contribution is -2.47. The molecule has 1 saturated heterocycles. The van der Waals surface area contributed by atoms with Crippen LogP contribution < -0.4 is 5.32 Å². The standard InChI is InChI=1S/C22H28F2N2O2/c1-13(19-11-14-2-3-16(19)10-14)25-21(27)15-6-8-26(9-7-15)22(28)18-5-4-17(23)12-20(18)24/h4-5,12-16,19H,2-3,6-11H2,1H3,(H,25,27)/t13-,14-,16-,19+/m0/s1. The monoisotopic (exact) mass is 390 g/mol. The van der Waals surface area contributed by atoms with Gasteiger partial charge in [0.2, 0.25) is 5.91 Å². The molecule has 2 aliphatic carbocycles. The second kappa shape index (κ2) is 7.80. The fourth-order valence-electron chi connectivity index (χ4n) is 5.53. The van der Waals surface area contributed by atoms with Gasteiger partial charge < -0.3 is 10.2 Å². The Kier molecular flexibility index (Phi) is 5.39. The Hall–Kier alpha value is -1.98. The van der Waals surface area contributed by atoms with Crippen molar-refractivity contribution in [1.29, 1.82) is 0 Å². The van der Waals surface area contributed by atoms with Gasteiger partial charge in [-0.2, -0.15) is 0 Å². The van der Waals surface area contributed by atoms with Crippen LogP contribution in [0, 0.1) is 35.3 Å². The van der Waals surface area contributed by atoms with Gasteiger partial charge in [-0.25, -0.2) is 8.78 Å². The fraction of sp³-hybridized carbons (Fsp3) is 0.636. The minimum absolute atomic E-state index is 0.0790. The minimum atomic E-state index is -0.843. The van der Waals surface area contributed by atoms with Gasteiger partial charge in [0, 0.05) is 31.1 Å². The van der Waals surface area contributed by atoms with Gasteiger partial charge >= 0.3 is 0 Å². The second-order valence-corrected chi connectivity index (χ2v) is 8.83. The van der Waals surface area contributed by atoms with E-state index in [9.17, 15) is 18.4 Å². The Bertz CT molecular complexity index is 761. The first-order chi connectivity index (χ1) is 13.4. The number of nitrogens with zero attached hydrogens (tertiary/aromatic N) is 1. The summed E-state index contributed by atoms with van der Waals surface area (Å²) in [6.07, 6.45) is 6.36. The van der Waals surface area contributed by atoms with Gasteiger partial charge in [-0.1, -0.05) is 6.42 Å². The first kappa shape index (κ1) is 19.3. The average molecular weight is 390 g/mol. The summed E-state index contributed by atoms with van der Waals surface area (Å²) < 4.78 is 26.9. The highest BCUT2D eigenvalue weighted by molar-refractivity contribution is 5.94.